The molecule has 2 aliphatic rings. The number of nitrogens with one attached hydrogen (secondary N) is 1. The fourth-order valence-corrected chi connectivity index (χ4v) is 7.17. The predicted octanol–water partition coefficient (Wildman–Crippen LogP) is 5.47. The zero-order valence-electron chi connectivity index (χ0n) is 27.8. The number of terminal acetylenes is 1. The molecule has 48 heavy (non-hydrogen) atoms. The average Bonchev–Trinajstić information content (AvgIpc) is 3.69. The summed E-state index contributed by atoms with van der Waals surface area (Å²) in [4.78, 5) is 28.5. The molecule has 1 aliphatic heterocycles. The van der Waals surface area contributed by atoms with Gasteiger partial charge in [0.25, 0.3) is 0 Å². The van der Waals surface area contributed by atoms with Crippen molar-refractivity contribution in [3.63, 3.8) is 0 Å². The smallest absolute Gasteiger partial charge is 0.459 e. The molecular formula is C34H42N7O6P. The van der Waals surface area contributed by atoms with Gasteiger partial charge in [0.15, 0.2) is 23.2 Å². The second-order valence-corrected chi connectivity index (χ2v) is 15.3. The Morgan fingerprint density at radius 1 is 1.23 bits per heavy atom. The molecule has 1 saturated carbocycles. The summed E-state index contributed by atoms with van der Waals surface area (Å²) in [5, 5.41) is 4.41. The maximum Gasteiger partial charge on any atom is 0.459 e. The molecule has 5 atom stereocenters. The lowest BCUT2D eigenvalue weighted by molar-refractivity contribution is -0.148. The molecule has 3 N–H and O–H groups in total. The van der Waals surface area contributed by atoms with Crippen molar-refractivity contribution in [3.8, 4) is 18.1 Å². The number of nitrogens with zero attached hydrogens (tertiary/aromatic N) is 5. The molecule has 4 aromatic rings. The van der Waals surface area contributed by atoms with Gasteiger partial charge in [-0.25, -0.2) is 9.55 Å². The first kappa shape index (κ1) is 33.7. The number of rotatable bonds is 12. The summed E-state index contributed by atoms with van der Waals surface area (Å²) in [5.74, 6) is 2.96. The van der Waals surface area contributed by atoms with Crippen LogP contribution in [0.1, 0.15) is 53.2 Å². The minimum atomic E-state index is -4.19. The molecular weight excluding hydrogens is 633 g/mol. The molecule has 0 unspecified atom stereocenters. The molecule has 13 nitrogen and oxygen atoms in total. The fourth-order valence-electron chi connectivity index (χ4n) is 5.63. The Labute approximate surface area is 280 Å². The van der Waals surface area contributed by atoms with E-state index < -0.39 is 32.1 Å². The fraction of sp³-hybridized carbons (Fsp3) is 0.471. The van der Waals surface area contributed by atoms with Crippen LogP contribution in [0.5, 0.6) is 5.75 Å². The minimum absolute atomic E-state index is 0.120. The van der Waals surface area contributed by atoms with Crippen LogP contribution in [0.4, 0.5) is 11.8 Å². The van der Waals surface area contributed by atoms with Gasteiger partial charge < -0.3 is 24.6 Å². The van der Waals surface area contributed by atoms with E-state index in [1.807, 2.05) is 58.2 Å². The Bertz CT molecular complexity index is 1890. The van der Waals surface area contributed by atoms with Crippen LogP contribution in [0.2, 0.25) is 0 Å². The van der Waals surface area contributed by atoms with Crippen LogP contribution in [0.25, 0.3) is 21.9 Å². The summed E-state index contributed by atoms with van der Waals surface area (Å²) in [6.07, 6.45) is 8.94. The first-order chi connectivity index (χ1) is 22.8. The van der Waals surface area contributed by atoms with Crippen molar-refractivity contribution in [1.29, 1.82) is 0 Å². The second-order valence-electron chi connectivity index (χ2n) is 13.6. The Balaban J connectivity index is 1.22. The molecule has 254 valence electrons. The number of hydrogen-bond donors (Lipinski definition) is 2. The second kappa shape index (κ2) is 13.4. The number of aromatic nitrogens is 4. The number of carbonyl (C=O) groups excluding carboxylic acids is 1. The lowest BCUT2D eigenvalue weighted by Crippen LogP contribution is -2.37. The third-order valence-corrected chi connectivity index (χ3v) is 9.91. The molecule has 2 aromatic heterocycles. The van der Waals surface area contributed by atoms with E-state index in [0.717, 1.165) is 23.6 Å². The van der Waals surface area contributed by atoms with Crippen molar-refractivity contribution in [2.75, 3.05) is 30.9 Å². The van der Waals surface area contributed by atoms with Crippen LogP contribution in [-0.2, 0) is 23.4 Å². The first-order valence-electron chi connectivity index (χ1n) is 16.0. The van der Waals surface area contributed by atoms with Crippen molar-refractivity contribution < 1.29 is 27.9 Å². The van der Waals surface area contributed by atoms with Crippen LogP contribution < -0.4 is 20.2 Å². The van der Waals surface area contributed by atoms with Crippen molar-refractivity contribution in [1.82, 2.24) is 24.6 Å². The Morgan fingerprint density at radius 2 is 1.98 bits per heavy atom. The van der Waals surface area contributed by atoms with Crippen molar-refractivity contribution in [2.45, 2.75) is 71.4 Å². The van der Waals surface area contributed by atoms with Crippen molar-refractivity contribution in [2.24, 2.45) is 11.3 Å². The van der Waals surface area contributed by atoms with Gasteiger partial charge in [0.1, 0.15) is 11.8 Å². The van der Waals surface area contributed by atoms with Crippen molar-refractivity contribution >= 4 is 47.4 Å². The Morgan fingerprint density at radius 3 is 2.71 bits per heavy atom. The van der Waals surface area contributed by atoms with E-state index in [-0.39, 0.29) is 30.5 Å². The zero-order valence-corrected chi connectivity index (χ0v) is 28.7. The molecule has 2 fully saturated rings. The van der Waals surface area contributed by atoms with Gasteiger partial charge in [-0.1, -0.05) is 63.1 Å². The van der Waals surface area contributed by atoms with Crippen LogP contribution >= 0.6 is 7.75 Å². The van der Waals surface area contributed by atoms with Gasteiger partial charge in [-0.15, -0.1) is 6.42 Å². The van der Waals surface area contributed by atoms with E-state index >= 15 is 0 Å². The van der Waals surface area contributed by atoms with Gasteiger partial charge in [0, 0.05) is 18.5 Å². The Kier molecular flexibility index (Phi) is 9.37. The molecule has 0 radical (unpaired) electrons. The number of hydrogen-bond acceptors (Lipinski definition) is 11. The molecule has 14 heteroatoms. The van der Waals surface area contributed by atoms with E-state index in [1.54, 1.807) is 30.0 Å². The summed E-state index contributed by atoms with van der Waals surface area (Å²) in [7, 11) is -2.22. The highest BCUT2D eigenvalue weighted by atomic mass is 31.2. The van der Waals surface area contributed by atoms with E-state index in [0.29, 0.717) is 35.2 Å². The quantitative estimate of drug-likeness (QED) is 0.111. The summed E-state index contributed by atoms with van der Waals surface area (Å²) in [5.41, 5.74) is 6.98. The summed E-state index contributed by atoms with van der Waals surface area (Å²) >= 11 is 0. The largest absolute Gasteiger partial charge is 0.464 e. The Hall–Kier alpha value is -4.21. The number of fused-ring (bicyclic) bond motifs is 2. The van der Waals surface area contributed by atoms with Crippen molar-refractivity contribution in [3.05, 3.63) is 48.8 Å². The first-order valence-corrected chi connectivity index (χ1v) is 17.6. The third kappa shape index (κ3) is 7.42. The van der Waals surface area contributed by atoms with Gasteiger partial charge in [-0.2, -0.15) is 15.1 Å². The number of benzene rings is 2. The highest BCUT2D eigenvalue weighted by Gasteiger charge is 2.40. The monoisotopic (exact) mass is 675 g/mol. The highest BCUT2D eigenvalue weighted by Crippen LogP contribution is 2.48. The number of ether oxygens (including phenoxy) is 2. The molecule has 1 saturated heterocycles. The number of nitrogens with two attached hydrogens (primary N) is 1. The standard InChI is InChI=1S/C34H42N7O6P/c1-7-22-17-25(46-31(22)41-20-36-28-29(40(6)24-15-16-24)37-33(35)38-30(28)41)18-45-48(43,39-21(2)32(42)44-19-34(3,4)5)47-27-14-10-12-23-11-8-9-13-26(23)27/h1,8-14,20-22,24-25,31H,15-19H2,2-6H3,(H,39,43)(H2,35,37,38)/t21-,22-,25-,31+,48-/m0/s1. The van der Waals surface area contributed by atoms with Gasteiger partial charge in [0.2, 0.25) is 5.95 Å². The molecule has 0 spiro atoms. The maximum atomic E-state index is 14.4. The van der Waals surface area contributed by atoms with Crippen LogP contribution in [0.15, 0.2) is 48.8 Å². The number of carbonyl (C=O) groups is 1. The number of esters is 1. The van der Waals surface area contributed by atoms with Gasteiger partial charge in [0.05, 0.1) is 31.6 Å². The topological polar surface area (TPSA) is 156 Å². The van der Waals surface area contributed by atoms with E-state index in [2.05, 4.69) is 30.9 Å². The number of nitrogen functional groups attached to an aromatic ring is 1. The lowest BCUT2D eigenvalue weighted by atomic mass is 9.99. The van der Waals surface area contributed by atoms with E-state index in [4.69, 9.17) is 30.7 Å². The molecule has 3 heterocycles. The molecule has 2 aromatic carbocycles. The van der Waals surface area contributed by atoms with Gasteiger partial charge >= 0.3 is 13.7 Å². The average molecular weight is 676 g/mol. The summed E-state index contributed by atoms with van der Waals surface area (Å²) in [6, 6.07) is 12.3. The summed E-state index contributed by atoms with van der Waals surface area (Å²) < 4.78 is 40.2. The lowest BCUT2D eigenvalue weighted by Gasteiger charge is -2.25. The molecule has 0 bridgehead atoms. The van der Waals surface area contributed by atoms with E-state index in [9.17, 15) is 9.36 Å². The number of anilines is 2. The molecule has 0 amide bonds. The zero-order chi connectivity index (χ0) is 34.2. The van der Waals surface area contributed by atoms with Gasteiger partial charge in [-0.3, -0.25) is 13.9 Å². The number of imidazole rings is 1. The molecule has 6 rings (SSSR count). The van der Waals surface area contributed by atoms with E-state index in [1.165, 1.54) is 0 Å². The van der Waals surface area contributed by atoms with Crippen LogP contribution in [-0.4, -0.2) is 63.9 Å². The van der Waals surface area contributed by atoms with Crippen LogP contribution in [0.3, 0.4) is 0 Å². The third-order valence-electron chi connectivity index (χ3n) is 8.28. The normalized spacial score (nSPS) is 21.5. The van der Waals surface area contributed by atoms with Crippen LogP contribution in [0, 0.1) is 23.7 Å². The molecule has 1 aliphatic carbocycles. The maximum absolute atomic E-state index is 14.4. The summed E-state index contributed by atoms with van der Waals surface area (Å²) in [6.45, 7) is 7.45. The SMILES string of the molecule is C#C[C@H]1C[C@@H](CO[P@@](=O)(N[C@@H](C)C(=O)OCC(C)(C)C)Oc2cccc3ccccc23)O[C@H]1n1cnc2c(N(C)C3CC3)nc(N)nc21. The van der Waals surface area contributed by atoms with Gasteiger partial charge in [-0.05, 0) is 43.1 Å². The predicted molar refractivity (Wildman–Crippen MR) is 183 cm³/mol. The minimum Gasteiger partial charge on any atom is -0.464 e. The highest BCUT2D eigenvalue weighted by molar-refractivity contribution is 7.52.